The van der Waals surface area contributed by atoms with Crippen molar-refractivity contribution in [3.63, 3.8) is 0 Å². The SMILES string of the molecule is CCCC(Oc1ccc(N(CC(C)C)C2CCCCC2)c(NC(=O)Cc2ccc(Cl)cc2F)c1)C(=O)O. The van der Waals surface area contributed by atoms with Crippen molar-refractivity contribution in [2.24, 2.45) is 5.92 Å². The van der Waals surface area contributed by atoms with Crippen LogP contribution in [0.4, 0.5) is 15.8 Å². The van der Waals surface area contributed by atoms with E-state index in [9.17, 15) is 19.1 Å². The summed E-state index contributed by atoms with van der Waals surface area (Å²) in [6.07, 6.45) is 5.60. The van der Waals surface area contributed by atoms with Crippen LogP contribution in [0, 0.1) is 11.7 Å². The van der Waals surface area contributed by atoms with Crippen LogP contribution in [0.2, 0.25) is 5.02 Å². The van der Waals surface area contributed by atoms with Crippen LogP contribution in [-0.4, -0.2) is 35.7 Å². The predicted molar refractivity (Wildman–Crippen MR) is 146 cm³/mol. The van der Waals surface area contributed by atoms with Gasteiger partial charge in [0.15, 0.2) is 6.10 Å². The van der Waals surface area contributed by atoms with E-state index in [1.807, 2.05) is 13.0 Å². The topological polar surface area (TPSA) is 78.9 Å². The van der Waals surface area contributed by atoms with Crippen molar-refractivity contribution in [1.82, 2.24) is 0 Å². The second-order valence-corrected chi connectivity index (χ2v) is 10.6. The summed E-state index contributed by atoms with van der Waals surface area (Å²) in [5, 5.41) is 12.8. The number of carboxylic acids is 1. The lowest BCUT2D eigenvalue weighted by Gasteiger charge is -2.38. The lowest BCUT2D eigenvalue weighted by Crippen LogP contribution is -2.40. The zero-order valence-corrected chi connectivity index (χ0v) is 22.7. The van der Waals surface area contributed by atoms with E-state index in [-0.39, 0.29) is 22.9 Å². The molecular formula is C29H38ClFN2O4. The lowest BCUT2D eigenvalue weighted by atomic mass is 9.93. The molecule has 1 saturated carbocycles. The van der Waals surface area contributed by atoms with Gasteiger partial charge in [-0.25, -0.2) is 9.18 Å². The number of nitrogens with one attached hydrogen (secondary N) is 1. The maximum Gasteiger partial charge on any atom is 0.344 e. The first-order valence-electron chi connectivity index (χ1n) is 13.2. The number of aliphatic carboxylic acids is 1. The summed E-state index contributed by atoms with van der Waals surface area (Å²) in [6.45, 7) is 7.04. The molecule has 8 heteroatoms. The Balaban J connectivity index is 1.95. The number of carbonyl (C=O) groups is 2. The van der Waals surface area contributed by atoms with Gasteiger partial charge in [-0.3, -0.25) is 4.79 Å². The third kappa shape index (κ3) is 8.35. The Hall–Kier alpha value is -2.80. The lowest BCUT2D eigenvalue weighted by molar-refractivity contribution is -0.145. The molecular weight excluding hydrogens is 495 g/mol. The van der Waals surface area contributed by atoms with Crippen LogP contribution in [0.3, 0.4) is 0 Å². The van der Waals surface area contributed by atoms with Gasteiger partial charge in [0.05, 0.1) is 17.8 Å². The van der Waals surface area contributed by atoms with E-state index in [1.165, 1.54) is 18.6 Å². The molecule has 0 bridgehead atoms. The smallest absolute Gasteiger partial charge is 0.344 e. The molecule has 2 aromatic rings. The number of carboxylic acid groups (broad SMARTS) is 1. The van der Waals surface area contributed by atoms with Crippen LogP contribution in [0.25, 0.3) is 0 Å². The molecule has 2 N–H and O–H groups in total. The number of amides is 1. The number of ether oxygens (including phenoxy) is 1. The molecule has 0 heterocycles. The molecule has 2 aromatic carbocycles. The van der Waals surface area contributed by atoms with Gasteiger partial charge in [0.25, 0.3) is 0 Å². The number of halogens is 2. The minimum absolute atomic E-state index is 0.158. The third-order valence-electron chi connectivity index (χ3n) is 6.60. The Labute approximate surface area is 224 Å². The van der Waals surface area contributed by atoms with Gasteiger partial charge in [-0.1, -0.05) is 64.1 Å². The van der Waals surface area contributed by atoms with Gasteiger partial charge < -0.3 is 20.1 Å². The Morgan fingerprint density at radius 1 is 1.16 bits per heavy atom. The van der Waals surface area contributed by atoms with E-state index in [0.29, 0.717) is 36.2 Å². The zero-order chi connectivity index (χ0) is 26.9. The summed E-state index contributed by atoms with van der Waals surface area (Å²) in [5.41, 5.74) is 1.64. The number of nitrogens with zero attached hydrogens (tertiary/aromatic N) is 1. The van der Waals surface area contributed by atoms with Crippen LogP contribution in [-0.2, 0) is 16.0 Å². The van der Waals surface area contributed by atoms with E-state index in [2.05, 4.69) is 24.1 Å². The minimum atomic E-state index is -1.03. The summed E-state index contributed by atoms with van der Waals surface area (Å²) in [7, 11) is 0. The molecule has 6 nitrogen and oxygen atoms in total. The van der Waals surface area contributed by atoms with Crippen LogP contribution in [0.5, 0.6) is 5.75 Å². The van der Waals surface area contributed by atoms with Crippen molar-refractivity contribution in [1.29, 1.82) is 0 Å². The summed E-state index contributed by atoms with van der Waals surface area (Å²) in [4.78, 5) is 27.1. The van der Waals surface area contributed by atoms with Crippen molar-refractivity contribution in [3.05, 3.63) is 52.8 Å². The summed E-state index contributed by atoms with van der Waals surface area (Å²) in [6, 6.07) is 9.96. The third-order valence-corrected chi connectivity index (χ3v) is 6.83. The number of benzene rings is 2. The molecule has 1 amide bonds. The summed E-state index contributed by atoms with van der Waals surface area (Å²) in [5.74, 6) is -1.18. The highest BCUT2D eigenvalue weighted by atomic mass is 35.5. The molecule has 0 aromatic heterocycles. The van der Waals surface area contributed by atoms with Gasteiger partial charge in [-0.05, 0) is 55.0 Å². The Morgan fingerprint density at radius 3 is 2.51 bits per heavy atom. The molecule has 202 valence electrons. The number of hydrogen-bond donors (Lipinski definition) is 2. The number of carbonyl (C=O) groups excluding carboxylic acids is 1. The van der Waals surface area contributed by atoms with Gasteiger partial charge in [-0.2, -0.15) is 0 Å². The largest absolute Gasteiger partial charge is 0.479 e. The Morgan fingerprint density at radius 2 is 1.89 bits per heavy atom. The van der Waals surface area contributed by atoms with Crippen molar-refractivity contribution in [3.8, 4) is 5.75 Å². The molecule has 1 unspecified atom stereocenters. The van der Waals surface area contributed by atoms with Crippen molar-refractivity contribution in [2.45, 2.75) is 84.3 Å². The molecule has 0 aliphatic heterocycles. The Kier molecular flexibility index (Phi) is 10.6. The molecule has 1 fully saturated rings. The molecule has 0 saturated heterocycles. The van der Waals surface area contributed by atoms with E-state index in [4.69, 9.17) is 16.3 Å². The number of hydrogen-bond acceptors (Lipinski definition) is 4. The van der Waals surface area contributed by atoms with Crippen LogP contribution >= 0.6 is 11.6 Å². The molecule has 0 radical (unpaired) electrons. The number of anilines is 2. The highest BCUT2D eigenvalue weighted by Crippen LogP contribution is 2.36. The monoisotopic (exact) mass is 532 g/mol. The van der Waals surface area contributed by atoms with E-state index in [1.54, 1.807) is 18.2 Å². The van der Waals surface area contributed by atoms with E-state index < -0.39 is 17.9 Å². The highest BCUT2D eigenvalue weighted by molar-refractivity contribution is 6.30. The minimum Gasteiger partial charge on any atom is -0.479 e. The zero-order valence-electron chi connectivity index (χ0n) is 21.9. The average Bonchev–Trinajstić information content (AvgIpc) is 2.85. The summed E-state index contributed by atoms with van der Waals surface area (Å²) < 4.78 is 20.2. The first-order chi connectivity index (χ1) is 17.7. The second kappa shape index (κ2) is 13.7. The molecule has 0 spiro atoms. The molecule has 1 atom stereocenters. The van der Waals surface area contributed by atoms with Crippen molar-refractivity contribution < 1.29 is 23.8 Å². The van der Waals surface area contributed by atoms with Gasteiger partial charge in [0.1, 0.15) is 11.6 Å². The fourth-order valence-corrected chi connectivity index (χ4v) is 5.02. The van der Waals surface area contributed by atoms with Gasteiger partial charge in [0.2, 0.25) is 5.91 Å². The van der Waals surface area contributed by atoms with Crippen LogP contribution < -0.4 is 15.0 Å². The van der Waals surface area contributed by atoms with Gasteiger partial charge in [-0.15, -0.1) is 0 Å². The molecule has 37 heavy (non-hydrogen) atoms. The predicted octanol–water partition coefficient (Wildman–Crippen LogP) is 7.09. The quantitative estimate of drug-likeness (QED) is 0.305. The highest BCUT2D eigenvalue weighted by Gasteiger charge is 2.26. The second-order valence-electron chi connectivity index (χ2n) is 10.2. The molecule has 1 aliphatic carbocycles. The first-order valence-corrected chi connectivity index (χ1v) is 13.6. The maximum absolute atomic E-state index is 14.4. The first kappa shape index (κ1) is 28.8. The number of rotatable bonds is 12. The van der Waals surface area contributed by atoms with Crippen LogP contribution in [0.15, 0.2) is 36.4 Å². The fourth-order valence-electron chi connectivity index (χ4n) is 4.86. The fraction of sp³-hybridized carbons (Fsp3) is 0.517. The maximum atomic E-state index is 14.4. The normalized spacial score (nSPS) is 14.9. The van der Waals surface area contributed by atoms with E-state index in [0.717, 1.165) is 37.9 Å². The standard InChI is InChI=1S/C29H38ClFN2O4/c1-4-8-27(29(35)36)37-23-13-14-26(33(18-19(2)3)22-9-6-5-7-10-22)25(17-23)32-28(34)15-20-11-12-21(30)16-24(20)31/h11-14,16-17,19,22,27H,4-10,15,18H2,1-3H3,(H,32,34)(H,35,36). The van der Waals surface area contributed by atoms with Crippen molar-refractivity contribution >= 4 is 34.9 Å². The van der Waals surface area contributed by atoms with E-state index >= 15 is 0 Å². The van der Waals surface area contributed by atoms with Gasteiger partial charge in [0, 0.05) is 23.7 Å². The molecule has 1 aliphatic rings. The average molecular weight is 533 g/mol. The Bertz CT molecular complexity index is 1070. The van der Waals surface area contributed by atoms with Crippen molar-refractivity contribution in [2.75, 3.05) is 16.8 Å². The molecule has 3 rings (SSSR count). The summed E-state index contributed by atoms with van der Waals surface area (Å²) >= 11 is 5.86. The van der Waals surface area contributed by atoms with Gasteiger partial charge >= 0.3 is 5.97 Å². The van der Waals surface area contributed by atoms with Crippen LogP contribution in [0.1, 0.15) is 71.3 Å².